The zero-order valence-electron chi connectivity index (χ0n) is 13.2. The Morgan fingerprint density at radius 1 is 0.818 bits per heavy atom. The summed E-state index contributed by atoms with van der Waals surface area (Å²) in [4.78, 5) is 40.5. The van der Waals surface area contributed by atoms with E-state index in [1.807, 2.05) is 0 Å². The van der Waals surface area contributed by atoms with Gasteiger partial charge in [0.15, 0.2) is 0 Å². The second-order valence-corrected chi connectivity index (χ2v) is 5.15. The third-order valence-corrected chi connectivity index (χ3v) is 2.16. The second kappa shape index (κ2) is 9.06. The van der Waals surface area contributed by atoms with Gasteiger partial charge in [-0.2, -0.15) is 9.78 Å². The molecule has 126 valence electrons. The van der Waals surface area contributed by atoms with Crippen molar-refractivity contribution in [2.75, 3.05) is 13.2 Å². The van der Waals surface area contributed by atoms with Crippen molar-refractivity contribution < 1.29 is 38.6 Å². The first-order chi connectivity index (χ1) is 10.1. The van der Waals surface area contributed by atoms with Crippen LogP contribution in [0.1, 0.15) is 27.7 Å². The molecule has 8 heteroatoms. The molecule has 0 heterocycles. The highest BCUT2D eigenvalue weighted by Gasteiger charge is 2.19. The lowest BCUT2D eigenvalue weighted by atomic mass is 10.1. The Balaban J connectivity index is 3.76. The third-order valence-electron chi connectivity index (χ3n) is 2.16. The summed E-state index contributed by atoms with van der Waals surface area (Å²) in [6.45, 7) is 13.1. The highest BCUT2D eigenvalue weighted by atomic mass is 17.2. The molecule has 0 saturated carbocycles. The van der Waals surface area contributed by atoms with Gasteiger partial charge in [0, 0.05) is 0 Å². The van der Waals surface area contributed by atoms with Crippen molar-refractivity contribution in [3.05, 3.63) is 25.3 Å². The van der Waals surface area contributed by atoms with Crippen molar-refractivity contribution in [1.82, 2.24) is 0 Å². The molecule has 0 aromatic rings. The Morgan fingerprint density at radius 2 is 1.14 bits per heavy atom. The fourth-order valence-corrected chi connectivity index (χ4v) is 0.649. The number of hydrogen-bond acceptors (Lipinski definition) is 8. The van der Waals surface area contributed by atoms with E-state index in [9.17, 15) is 9.59 Å². The van der Waals surface area contributed by atoms with Crippen LogP contribution >= 0.6 is 0 Å². The van der Waals surface area contributed by atoms with Crippen LogP contribution in [-0.4, -0.2) is 36.7 Å². The minimum atomic E-state index is -1.07. The van der Waals surface area contributed by atoms with Gasteiger partial charge in [0.1, 0.15) is 24.4 Å². The van der Waals surface area contributed by atoms with E-state index in [1.165, 1.54) is 12.2 Å². The summed E-state index contributed by atoms with van der Waals surface area (Å²) in [6, 6.07) is 0. The van der Waals surface area contributed by atoms with Crippen LogP contribution in [0.4, 0.5) is 9.59 Å². The normalized spacial score (nSPS) is 11.3. The van der Waals surface area contributed by atoms with Gasteiger partial charge in [0.25, 0.3) is 0 Å². The van der Waals surface area contributed by atoms with Gasteiger partial charge < -0.3 is 9.47 Å². The molecular weight excluding hydrogens is 296 g/mol. The second-order valence-electron chi connectivity index (χ2n) is 5.15. The molecule has 0 aromatic carbocycles. The van der Waals surface area contributed by atoms with Crippen LogP contribution in [0.5, 0.6) is 0 Å². The van der Waals surface area contributed by atoms with Crippen LogP contribution in [0.3, 0.4) is 0 Å². The minimum Gasteiger partial charge on any atom is -0.429 e. The molecule has 0 aliphatic carbocycles. The van der Waals surface area contributed by atoms with Gasteiger partial charge in [-0.3, -0.25) is 9.78 Å². The summed E-state index contributed by atoms with van der Waals surface area (Å²) in [6.07, 6.45) is 0.751. The van der Waals surface area contributed by atoms with Gasteiger partial charge in [-0.05, 0) is 27.7 Å². The Kier molecular flexibility index (Phi) is 8.21. The average Bonchev–Trinajstić information content (AvgIpc) is 2.47. The monoisotopic (exact) mass is 318 g/mol. The molecule has 0 atom stereocenters. The van der Waals surface area contributed by atoms with Gasteiger partial charge in [0.05, 0.1) is 0 Å². The predicted molar refractivity (Wildman–Crippen MR) is 75.6 cm³/mol. The van der Waals surface area contributed by atoms with E-state index in [2.05, 4.69) is 32.4 Å². The van der Waals surface area contributed by atoms with Gasteiger partial charge in [0.2, 0.25) is 0 Å². The minimum absolute atomic E-state index is 0.239. The summed E-state index contributed by atoms with van der Waals surface area (Å²) in [7, 11) is 0. The third kappa shape index (κ3) is 9.78. The maximum absolute atomic E-state index is 11.1. The molecule has 22 heavy (non-hydrogen) atoms. The fraction of sp³-hybridized carbons (Fsp3) is 0.571. The molecule has 0 radical (unpaired) electrons. The topological polar surface area (TPSA) is 89.5 Å². The molecule has 0 aliphatic heterocycles. The number of rotatable bonds is 9. The quantitative estimate of drug-likeness (QED) is 0.211. The highest BCUT2D eigenvalue weighted by Crippen LogP contribution is 2.11. The molecule has 0 amide bonds. The molecule has 0 spiro atoms. The van der Waals surface area contributed by atoms with E-state index in [1.54, 1.807) is 27.7 Å². The van der Waals surface area contributed by atoms with Crippen LogP contribution in [0.25, 0.3) is 0 Å². The summed E-state index contributed by atoms with van der Waals surface area (Å²) < 4.78 is 9.18. The summed E-state index contributed by atoms with van der Waals surface area (Å²) >= 11 is 0. The Labute approximate surface area is 129 Å². The Morgan fingerprint density at radius 3 is 1.41 bits per heavy atom. The summed E-state index contributed by atoms with van der Waals surface area (Å²) in [5.74, 6) is 0. The maximum Gasteiger partial charge on any atom is 0.540 e. The first kappa shape index (κ1) is 19.9. The van der Waals surface area contributed by atoms with Crippen molar-refractivity contribution in [2.24, 2.45) is 0 Å². The highest BCUT2D eigenvalue weighted by molar-refractivity contribution is 5.60. The molecule has 0 aliphatic rings. The summed E-state index contributed by atoms with van der Waals surface area (Å²) in [5.41, 5.74) is -1.68. The lowest BCUT2D eigenvalue weighted by molar-refractivity contribution is -0.306. The zero-order chi connectivity index (χ0) is 17.2. The van der Waals surface area contributed by atoms with Crippen LogP contribution < -0.4 is 0 Å². The van der Waals surface area contributed by atoms with E-state index in [4.69, 9.17) is 9.78 Å². The van der Waals surface area contributed by atoms with Crippen molar-refractivity contribution in [3.8, 4) is 0 Å². The van der Waals surface area contributed by atoms with E-state index < -0.39 is 23.5 Å². The van der Waals surface area contributed by atoms with E-state index >= 15 is 0 Å². The number of hydrogen-bond donors (Lipinski definition) is 0. The summed E-state index contributed by atoms with van der Waals surface area (Å²) in [5, 5.41) is 0. The first-order valence-electron chi connectivity index (χ1n) is 6.44. The van der Waals surface area contributed by atoms with Crippen LogP contribution in [-0.2, 0) is 29.0 Å². The lowest BCUT2D eigenvalue weighted by Crippen LogP contribution is -2.25. The van der Waals surface area contributed by atoms with Crippen molar-refractivity contribution in [1.29, 1.82) is 0 Å². The number of ether oxygens (including phenoxy) is 2. The zero-order valence-corrected chi connectivity index (χ0v) is 13.2. The van der Waals surface area contributed by atoms with Crippen LogP contribution in [0, 0.1) is 0 Å². The van der Waals surface area contributed by atoms with Crippen molar-refractivity contribution in [3.63, 3.8) is 0 Å². The lowest BCUT2D eigenvalue weighted by Gasteiger charge is -2.18. The van der Waals surface area contributed by atoms with Gasteiger partial charge in [-0.25, -0.2) is 9.59 Å². The molecule has 0 saturated heterocycles. The molecular formula is C14H22O8. The average molecular weight is 318 g/mol. The molecule has 0 rings (SSSR count). The molecule has 0 bridgehead atoms. The van der Waals surface area contributed by atoms with E-state index in [-0.39, 0.29) is 13.2 Å². The smallest absolute Gasteiger partial charge is 0.429 e. The molecule has 0 aromatic heterocycles. The Hall–Kier alpha value is -2.06. The van der Waals surface area contributed by atoms with Crippen molar-refractivity contribution >= 4 is 12.3 Å². The van der Waals surface area contributed by atoms with Gasteiger partial charge >= 0.3 is 12.3 Å². The fourth-order valence-electron chi connectivity index (χ4n) is 0.649. The van der Waals surface area contributed by atoms with E-state index in [0.717, 1.165) is 0 Å². The SMILES string of the molecule is C=CC(C)(C)OOC(=O)OCCOC(=O)OOC(C)(C)C=C. The van der Waals surface area contributed by atoms with Gasteiger partial charge in [-0.15, -0.1) is 13.2 Å². The number of carbonyl (C=O) groups is 2. The first-order valence-corrected chi connectivity index (χ1v) is 6.44. The number of carbonyl (C=O) groups excluding carboxylic acids is 2. The largest absolute Gasteiger partial charge is 0.540 e. The van der Waals surface area contributed by atoms with Crippen LogP contribution in [0.2, 0.25) is 0 Å². The van der Waals surface area contributed by atoms with Crippen LogP contribution in [0.15, 0.2) is 25.3 Å². The van der Waals surface area contributed by atoms with Crippen molar-refractivity contribution in [2.45, 2.75) is 38.9 Å². The molecule has 0 fully saturated rings. The molecule has 0 unspecified atom stereocenters. The molecule has 8 nitrogen and oxygen atoms in total. The standard InChI is InChI=1S/C14H22O8/c1-7-13(3,4)21-19-11(15)17-9-10-18-12(16)20-22-14(5,6)8-2/h7-8H,1-2,9-10H2,3-6H3. The van der Waals surface area contributed by atoms with Gasteiger partial charge in [-0.1, -0.05) is 12.2 Å². The Bertz CT molecular complexity index is 362. The maximum atomic E-state index is 11.1. The molecule has 0 N–H and O–H groups in total. The predicted octanol–water partition coefficient (Wildman–Crippen LogP) is 3.09. The van der Waals surface area contributed by atoms with E-state index in [0.29, 0.717) is 0 Å².